The number of nitrogens with two attached hydrogens (primary N) is 1. The first kappa shape index (κ1) is 31.9. The normalized spacial score (nSPS) is 9.19. The molecule has 3 rings (SSSR count). The maximum Gasteiger partial charge on any atom is 0.159 e. The highest BCUT2D eigenvalue weighted by Crippen LogP contribution is 2.15. The Morgan fingerprint density at radius 2 is 1.38 bits per heavy atom. The zero-order valence-corrected chi connectivity index (χ0v) is 20.6. The van der Waals surface area contributed by atoms with Crippen LogP contribution in [0.25, 0.3) is 0 Å². The first-order valence-corrected chi connectivity index (χ1v) is 11.5. The number of hydrogen-bond acceptors (Lipinski definition) is 3. The Morgan fingerprint density at radius 3 is 1.75 bits per heavy atom. The second kappa shape index (κ2) is 21.9. The molecule has 3 aromatic carbocycles. The number of carbonyl (C=O) groups is 1. The van der Waals surface area contributed by atoms with E-state index in [0.717, 1.165) is 12.1 Å². The van der Waals surface area contributed by atoms with E-state index in [0.29, 0.717) is 8.58 Å². The molecule has 2 N–H and O–H groups in total. The molecule has 0 amide bonds. The lowest BCUT2D eigenvalue weighted by Gasteiger charge is -2.07. The Morgan fingerprint density at radius 1 is 0.906 bits per heavy atom. The minimum atomic E-state index is 0. The molecule has 0 saturated heterocycles. The molecule has 0 saturated carbocycles. The van der Waals surface area contributed by atoms with Crippen LogP contribution in [0.5, 0.6) is 0 Å². The van der Waals surface area contributed by atoms with Gasteiger partial charge in [0.05, 0.1) is 0 Å². The number of methoxy groups -OCH3 is 1. The average molecular weight is 456 g/mol. The summed E-state index contributed by atoms with van der Waals surface area (Å²) in [5.41, 5.74) is 7.19. The minimum absolute atomic E-state index is 0. The Bertz CT molecular complexity index is 779. The van der Waals surface area contributed by atoms with Gasteiger partial charge in [-0.2, -0.15) is 0 Å². The van der Waals surface area contributed by atoms with Crippen molar-refractivity contribution in [3.05, 3.63) is 96.1 Å². The monoisotopic (exact) mass is 455 g/mol. The molecule has 1 unspecified atom stereocenters. The van der Waals surface area contributed by atoms with Crippen molar-refractivity contribution in [1.29, 1.82) is 0 Å². The van der Waals surface area contributed by atoms with Gasteiger partial charge >= 0.3 is 0 Å². The summed E-state index contributed by atoms with van der Waals surface area (Å²) >= 11 is 0. The number of benzene rings is 3. The number of Topliss-reactive ketones (excluding diaryl/α,β-unsaturated/α-hetero) is 1. The predicted octanol–water partition coefficient (Wildman–Crippen LogP) is 6.16. The second-order valence-corrected chi connectivity index (χ2v) is 8.15. The van der Waals surface area contributed by atoms with Crippen molar-refractivity contribution in [2.75, 3.05) is 20.8 Å². The first-order valence-electron chi connectivity index (χ1n) is 10.5. The third-order valence-corrected chi connectivity index (χ3v) is 5.35. The molecular weight excluding hydrogens is 413 g/mol. The smallest absolute Gasteiger partial charge is 0.159 e. The number of unbranched alkanes of at least 4 members (excludes halogenated alkanes) is 1. The van der Waals surface area contributed by atoms with E-state index in [1.54, 1.807) is 21.1 Å². The van der Waals surface area contributed by atoms with Crippen molar-refractivity contribution < 1.29 is 9.53 Å². The fraction of sp³-hybridized carbons (Fsp3) is 0.321. The van der Waals surface area contributed by atoms with Crippen LogP contribution in [0.15, 0.2) is 84.9 Å². The molecular formula is C28H42NO2P. The predicted molar refractivity (Wildman–Crippen MR) is 145 cm³/mol. The second-order valence-electron chi connectivity index (χ2n) is 6.78. The van der Waals surface area contributed by atoms with Gasteiger partial charge in [-0.1, -0.05) is 108 Å². The molecule has 3 aromatic rings. The number of aryl methyl sites for hydroxylation is 1. The zero-order valence-electron chi connectivity index (χ0n) is 19.6. The molecule has 32 heavy (non-hydrogen) atoms. The molecule has 0 bridgehead atoms. The fourth-order valence-electron chi connectivity index (χ4n) is 2.24. The maximum atomic E-state index is 11.4. The van der Waals surface area contributed by atoms with E-state index in [-0.39, 0.29) is 13.2 Å². The van der Waals surface area contributed by atoms with E-state index in [9.17, 15) is 4.79 Å². The highest BCUT2D eigenvalue weighted by atomic mass is 31.1. The summed E-state index contributed by atoms with van der Waals surface area (Å²) in [6.07, 6.45) is 2.39. The van der Waals surface area contributed by atoms with Gasteiger partial charge in [-0.15, -0.1) is 0 Å². The summed E-state index contributed by atoms with van der Waals surface area (Å²) in [5, 5.41) is 2.56. The van der Waals surface area contributed by atoms with E-state index in [2.05, 4.69) is 30.7 Å². The van der Waals surface area contributed by atoms with Gasteiger partial charge in [0.2, 0.25) is 0 Å². The molecule has 3 nitrogen and oxygen atoms in total. The Kier molecular flexibility index (Phi) is 21.8. The number of carbonyl (C=O) groups excluding carboxylic acids is 1. The molecule has 176 valence electrons. The Balaban J connectivity index is 0. The van der Waals surface area contributed by atoms with Crippen molar-refractivity contribution in [1.82, 2.24) is 0 Å². The molecule has 4 heteroatoms. The zero-order chi connectivity index (χ0) is 23.3. The van der Waals surface area contributed by atoms with Crippen molar-refractivity contribution in [2.24, 2.45) is 5.73 Å². The molecule has 0 radical (unpaired) electrons. The van der Waals surface area contributed by atoms with Crippen LogP contribution in [0, 0.1) is 6.92 Å². The summed E-state index contributed by atoms with van der Waals surface area (Å²) in [7, 11) is 3.86. The van der Waals surface area contributed by atoms with Gasteiger partial charge in [-0.05, 0) is 49.1 Å². The van der Waals surface area contributed by atoms with E-state index in [1.807, 2.05) is 72.8 Å². The van der Waals surface area contributed by atoms with Crippen LogP contribution in [0.4, 0.5) is 0 Å². The number of rotatable bonds is 5. The standard InChI is InChI=1S/C15H15OP.C6H6.C4H11N.C2H6O.CH4/c1-11-8-9-13(12(2)16)10-15(11)17-14-6-4-3-5-7-14;1-2-4-6-5-3-1;1-2-3-4-5;1-3-2;/h3-10,17H,1-2H3;1-6H;2-5H2,1H3;1-2H3;1H4. The summed E-state index contributed by atoms with van der Waals surface area (Å²) in [6.45, 7) is 6.68. The van der Waals surface area contributed by atoms with Crippen molar-refractivity contribution in [2.45, 2.75) is 41.0 Å². The van der Waals surface area contributed by atoms with Crippen LogP contribution in [0.3, 0.4) is 0 Å². The summed E-state index contributed by atoms with van der Waals surface area (Å²) in [4.78, 5) is 11.4. The van der Waals surface area contributed by atoms with Crippen molar-refractivity contribution in [3.8, 4) is 0 Å². The quantitative estimate of drug-likeness (QED) is 0.370. The lowest BCUT2D eigenvalue weighted by molar-refractivity contribution is 0.101. The summed E-state index contributed by atoms with van der Waals surface area (Å²) in [6, 6.07) is 28.3. The van der Waals surface area contributed by atoms with Crippen molar-refractivity contribution in [3.63, 3.8) is 0 Å². The largest absolute Gasteiger partial charge is 0.388 e. The van der Waals surface area contributed by atoms with Gasteiger partial charge in [0.1, 0.15) is 0 Å². The van der Waals surface area contributed by atoms with Crippen LogP contribution in [0.1, 0.15) is 50.0 Å². The van der Waals surface area contributed by atoms with Gasteiger partial charge in [0.25, 0.3) is 0 Å². The third kappa shape index (κ3) is 16.4. The van der Waals surface area contributed by atoms with Crippen LogP contribution in [-0.4, -0.2) is 26.5 Å². The summed E-state index contributed by atoms with van der Waals surface area (Å²) < 4.78 is 4.25. The molecule has 0 aliphatic carbocycles. The number of ether oxygens (including phenoxy) is 1. The van der Waals surface area contributed by atoms with Gasteiger partial charge in [-0.25, -0.2) is 0 Å². The first-order chi connectivity index (χ1) is 15.0. The van der Waals surface area contributed by atoms with Gasteiger partial charge in [0, 0.05) is 19.8 Å². The Hall–Kier alpha value is -2.32. The topological polar surface area (TPSA) is 52.3 Å². The highest BCUT2D eigenvalue weighted by Gasteiger charge is 2.04. The third-order valence-electron chi connectivity index (χ3n) is 3.92. The molecule has 0 heterocycles. The molecule has 1 atom stereocenters. The van der Waals surface area contributed by atoms with Gasteiger partial charge < -0.3 is 10.5 Å². The van der Waals surface area contributed by atoms with E-state index in [4.69, 9.17) is 5.73 Å². The van der Waals surface area contributed by atoms with Crippen LogP contribution in [-0.2, 0) is 4.74 Å². The van der Waals surface area contributed by atoms with E-state index < -0.39 is 0 Å². The van der Waals surface area contributed by atoms with Crippen LogP contribution < -0.4 is 16.3 Å². The summed E-state index contributed by atoms with van der Waals surface area (Å²) in [5.74, 6) is 0.129. The lowest BCUT2D eigenvalue weighted by Crippen LogP contribution is -2.09. The Labute approximate surface area is 198 Å². The molecule has 0 spiro atoms. The molecule has 0 aliphatic rings. The fourth-order valence-corrected chi connectivity index (χ4v) is 3.42. The molecule has 0 aromatic heterocycles. The van der Waals surface area contributed by atoms with Crippen LogP contribution in [0.2, 0.25) is 0 Å². The van der Waals surface area contributed by atoms with Crippen LogP contribution >= 0.6 is 8.58 Å². The maximum absolute atomic E-state index is 11.4. The molecule has 0 aliphatic heterocycles. The van der Waals surface area contributed by atoms with Crippen molar-refractivity contribution >= 4 is 25.0 Å². The van der Waals surface area contributed by atoms with Gasteiger partial charge in [0.15, 0.2) is 5.78 Å². The van der Waals surface area contributed by atoms with Gasteiger partial charge in [-0.3, -0.25) is 4.79 Å². The van der Waals surface area contributed by atoms with E-state index >= 15 is 0 Å². The number of ketones is 1. The average Bonchev–Trinajstić information content (AvgIpc) is 2.79. The van der Waals surface area contributed by atoms with E-state index in [1.165, 1.54) is 29.0 Å². The lowest BCUT2D eigenvalue weighted by atomic mass is 10.1. The number of hydrogen-bond donors (Lipinski definition) is 1. The SMILES string of the molecule is C.CC(=O)c1ccc(C)c(Pc2ccccc2)c1.CCCCN.COC.c1ccccc1. The minimum Gasteiger partial charge on any atom is -0.388 e. The molecule has 0 fully saturated rings. The highest BCUT2D eigenvalue weighted by molar-refractivity contribution is 7.55.